The molecule has 0 radical (unpaired) electrons. The molecule has 1 rings (SSSR count). The van der Waals surface area contributed by atoms with Gasteiger partial charge in [-0.3, -0.25) is 4.18 Å². The van der Waals surface area contributed by atoms with Gasteiger partial charge in [-0.1, -0.05) is 15.9 Å². The first-order valence-electron chi connectivity index (χ1n) is 4.19. The molecule has 0 unspecified atom stereocenters. The van der Waals surface area contributed by atoms with Gasteiger partial charge >= 0.3 is 0 Å². The minimum atomic E-state index is -3.41. The zero-order chi connectivity index (χ0) is 10.8. The predicted molar refractivity (Wildman–Crippen MR) is 56.8 cm³/mol. The van der Waals surface area contributed by atoms with Gasteiger partial charge in [-0.2, -0.15) is 8.42 Å². The molecule has 0 amide bonds. The zero-order valence-corrected chi connectivity index (χ0v) is 10.5. The van der Waals surface area contributed by atoms with Crippen molar-refractivity contribution in [1.29, 1.82) is 0 Å². The Hall–Kier alpha value is 0.0900. The van der Waals surface area contributed by atoms with Gasteiger partial charge in [-0.25, -0.2) is 0 Å². The molecule has 0 aromatic rings. The molecule has 14 heavy (non-hydrogen) atoms. The van der Waals surface area contributed by atoms with Crippen molar-refractivity contribution in [3.63, 3.8) is 0 Å². The van der Waals surface area contributed by atoms with Gasteiger partial charge in [0.25, 0.3) is 10.1 Å². The van der Waals surface area contributed by atoms with Crippen LogP contribution in [0.1, 0.15) is 12.8 Å². The molecule has 82 valence electrons. The van der Waals surface area contributed by atoms with Crippen LogP contribution in [0.4, 0.5) is 0 Å². The van der Waals surface area contributed by atoms with Crippen molar-refractivity contribution in [2.45, 2.75) is 25.0 Å². The quantitative estimate of drug-likeness (QED) is 0.736. The smallest absolute Gasteiger partial charge is 0.264 e. The Morgan fingerprint density at radius 2 is 2.21 bits per heavy atom. The number of ether oxygens (including phenoxy) is 1. The van der Waals surface area contributed by atoms with E-state index in [2.05, 4.69) is 15.9 Å². The van der Waals surface area contributed by atoms with Crippen molar-refractivity contribution < 1.29 is 17.3 Å². The molecule has 2 atom stereocenters. The summed E-state index contributed by atoms with van der Waals surface area (Å²) in [6.45, 7) is 0. The fourth-order valence-corrected chi connectivity index (χ4v) is 2.50. The van der Waals surface area contributed by atoms with E-state index in [0.717, 1.165) is 17.2 Å². The Kier molecular flexibility index (Phi) is 4.12. The van der Waals surface area contributed by atoms with E-state index in [1.54, 1.807) is 0 Å². The average Bonchev–Trinajstić information content (AvgIpc) is 2.06. The third-order valence-electron chi connectivity index (χ3n) is 1.95. The minimum Gasteiger partial charge on any atom is -0.375 e. The summed E-state index contributed by atoms with van der Waals surface area (Å²) in [5, 5.41) is 0. The van der Waals surface area contributed by atoms with Crippen LogP contribution < -0.4 is 0 Å². The third-order valence-corrected chi connectivity index (χ3v) is 3.21. The summed E-state index contributed by atoms with van der Waals surface area (Å²) in [7, 11) is -1.88. The van der Waals surface area contributed by atoms with Crippen molar-refractivity contribution >= 4 is 26.0 Å². The molecule has 0 aliphatic heterocycles. The number of rotatable bonds is 3. The highest BCUT2D eigenvalue weighted by Gasteiger charge is 2.27. The summed E-state index contributed by atoms with van der Waals surface area (Å²) in [4.78, 5) is 0. The van der Waals surface area contributed by atoms with Crippen molar-refractivity contribution in [3.05, 3.63) is 10.6 Å². The van der Waals surface area contributed by atoms with E-state index >= 15 is 0 Å². The highest BCUT2D eigenvalue weighted by atomic mass is 79.9. The zero-order valence-electron chi connectivity index (χ0n) is 8.07. The van der Waals surface area contributed by atoms with Crippen molar-refractivity contribution in [2.75, 3.05) is 13.4 Å². The topological polar surface area (TPSA) is 52.6 Å². The van der Waals surface area contributed by atoms with Gasteiger partial charge in [0.1, 0.15) is 12.2 Å². The molecule has 1 aliphatic rings. The summed E-state index contributed by atoms with van der Waals surface area (Å²) in [5.41, 5.74) is 0. The van der Waals surface area contributed by atoms with E-state index in [4.69, 9.17) is 8.92 Å². The Morgan fingerprint density at radius 1 is 1.57 bits per heavy atom. The Labute approximate surface area is 92.5 Å². The maximum Gasteiger partial charge on any atom is 0.264 e. The number of halogens is 1. The molecule has 0 spiro atoms. The molecule has 0 N–H and O–H groups in total. The van der Waals surface area contributed by atoms with Crippen LogP contribution in [0.3, 0.4) is 0 Å². The van der Waals surface area contributed by atoms with Crippen LogP contribution in [0.2, 0.25) is 0 Å². The van der Waals surface area contributed by atoms with Gasteiger partial charge in [0.05, 0.1) is 6.26 Å². The fourth-order valence-electron chi connectivity index (χ4n) is 1.36. The Bertz CT molecular complexity index is 322. The van der Waals surface area contributed by atoms with Crippen LogP contribution in [0.25, 0.3) is 0 Å². The highest BCUT2D eigenvalue weighted by Crippen LogP contribution is 2.27. The van der Waals surface area contributed by atoms with E-state index in [1.807, 2.05) is 6.08 Å². The molecular formula is C8H13BrO4S. The molecule has 4 nitrogen and oxygen atoms in total. The lowest BCUT2D eigenvalue weighted by atomic mass is 10.0. The second-order valence-corrected chi connectivity index (χ2v) is 5.81. The second-order valence-electron chi connectivity index (χ2n) is 3.19. The summed E-state index contributed by atoms with van der Waals surface area (Å²) in [5.74, 6) is 0. The van der Waals surface area contributed by atoms with E-state index in [9.17, 15) is 8.42 Å². The molecule has 0 heterocycles. The number of hydrogen-bond acceptors (Lipinski definition) is 4. The molecule has 6 heteroatoms. The standard InChI is InChI=1S/C8H13BrO4S/c1-12-8-5-6(9)3-4-7(8)13-14(2,10)11/h5,7-8H,3-4H2,1-2H3/t7-,8-/m1/s1. The SMILES string of the molecule is CO[C@@H]1C=C(Br)CC[C@H]1OS(C)(=O)=O. The van der Waals surface area contributed by atoms with Crippen LogP contribution in [0, 0.1) is 0 Å². The molecule has 0 saturated heterocycles. The fraction of sp³-hybridized carbons (Fsp3) is 0.750. The van der Waals surface area contributed by atoms with E-state index in [-0.39, 0.29) is 6.10 Å². The number of allylic oxidation sites excluding steroid dienone is 1. The molecule has 0 bridgehead atoms. The summed E-state index contributed by atoms with van der Waals surface area (Å²) in [6.07, 6.45) is 3.60. The third kappa shape index (κ3) is 3.68. The molecule has 0 fully saturated rings. The summed E-state index contributed by atoms with van der Waals surface area (Å²) in [6, 6.07) is 0. The molecule has 0 aromatic carbocycles. The van der Waals surface area contributed by atoms with Crippen molar-refractivity contribution in [3.8, 4) is 0 Å². The maximum atomic E-state index is 10.9. The van der Waals surface area contributed by atoms with Gasteiger partial charge in [0, 0.05) is 7.11 Å². The van der Waals surface area contributed by atoms with E-state index in [1.165, 1.54) is 7.11 Å². The summed E-state index contributed by atoms with van der Waals surface area (Å²) >= 11 is 3.35. The lowest BCUT2D eigenvalue weighted by Crippen LogP contribution is -2.33. The first kappa shape index (κ1) is 12.2. The van der Waals surface area contributed by atoms with Gasteiger partial charge in [0.2, 0.25) is 0 Å². The lowest BCUT2D eigenvalue weighted by molar-refractivity contribution is 0.0271. The van der Waals surface area contributed by atoms with Crippen molar-refractivity contribution in [1.82, 2.24) is 0 Å². The van der Waals surface area contributed by atoms with Crippen LogP contribution >= 0.6 is 15.9 Å². The van der Waals surface area contributed by atoms with Crippen LogP contribution in [0.15, 0.2) is 10.6 Å². The highest BCUT2D eigenvalue weighted by molar-refractivity contribution is 9.11. The average molecular weight is 285 g/mol. The van der Waals surface area contributed by atoms with Gasteiger partial charge in [0.15, 0.2) is 0 Å². The number of hydrogen-bond donors (Lipinski definition) is 0. The predicted octanol–water partition coefficient (Wildman–Crippen LogP) is 1.42. The van der Waals surface area contributed by atoms with Gasteiger partial charge in [-0.05, 0) is 23.4 Å². The largest absolute Gasteiger partial charge is 0.375 e. The van der Waals surface area contributed by atoms with Gasteiger partial charge in [-0.15, -0.1) is 0 Å². The molecule has 1 aliphatic carbocycles. The second kappa shape index (κ2) is 4.74. The molecule has 0 aromatic heterocycles. The Morgan fingerprint density at radius 3 is 2.71 bits per heavy atom. The Balaban J connectivity index is 2.71. The lowest BCUT2D eigenvalue weighted by Gasteiger charge is -2.26. The van der Waals surface area contributed by atoms with E-state index in [0.29, 0.717) is 6.42 Å². The first-order valence-corrected chi connectivity index (χ1v) is 6.80. The number of methoxy groups -OCH3 is 1. The van der Waals surface area contributed by atoms with Crippen molar-refractivity contribution in [2.24, 2.45) is 0 Å². The maximum absolute atomic E-state index is 10.9. The van der Waals surface area contributed by atoms with Crippen LogP contribution in [0.5, 0.6) is 0 Å². The van der Waals surface area contributed by atoms with Crippen LogP contribution in [-0.2, 0) is 19.0 Å². The monoisotopic (exact) mass is 284 g/mol. The van der Waals surface area contributed by atoms with Gasteiger partial charge < -0.3 is 4.74 Å². The van der Waals surface area contributed by atoms with E-state index < -0.39 is 16.2 Å². The molecule has 0 saturated carbocycles. The normalized spacial score (nSPS) is 28.6. The molecular weight excluding hydrogens is 272 g/mol. The summed E-state index contributed by atoms with van der Waals surface area (Å²) < 4.78 is 32.9. The van der Waals surface area contributed by atoms with Crippen LogP contribution in [-0.4, -0.2) is 34.0 Å². The first-order chi connectivity index (χ1) is 6.42. The minimum absolute atomic E-state index is 0.298.